The summed E-state index contributed by atoms with van der Waals surface area (Å²) in [7, 11) is -3.32. The van der Waals surface area contributed by atoms with Gasteiger partial charge in [0.25, 0.3) is 10.0 Å². The fourth-order valence-corrected chi connectivity index (χ4v) is 4.72. The molecule has 0 amide bonds. The van der Waals surface area contributed by atoms with E-state index in [1.54, 1.807) is 9.69 Å². The second-order valence-corrected chi connectivity index (χ2v) is 8.03. The molecule has 0 atom stereocenters. The van der Waals surface area contributed by atoms with Crippen LogP contribution in [0.4, 0.5) is 5.69 Å². The second kappa shape index (κ2) is 3.72. The number of sulfonamides is 1. The maximum Gasteiger partial charge on any atom is 0.252 e. The molecule has 6 heteroatoms. The van der Waals surface area contributed by atoms with Gasteiger partial charge in [-0.05, 0) is 17.9 Å². The van der Waals surface area contributed by atoms with E-state index >= 15 is 0 Å². The van der Waals surface area contributed by atoms with Crippen molar-refractivity contribution in [3.63, 3.8) is 0 Å². The summed E-state index contributed by atoms with van der Waals surface area (Å²) >= 11 is 1.19. The summed E-state index contributed by atoms with van der Waals surface area (Å²) in [4.78, 5) is 0. The maximum absolute atomic E-state index is 12.2. The molecule has 90 valence electrons. The highest BCUT2D eigenvalue weighted by Crippen LogP contribution is 2.34. The van der Waals surface area contributed by atoms with Crippen molar-refractivity contribution >= 4 is 27.0 Å². The summed E-state index contributed by atoms with van der Waals surface area (Å²) in [5.41, 5.74) is 6.15. The van der Waals surface area contributed by atoms with Gasteiger partial charge >= 0.3 is 0 Å². The summed E-state index contributed by atoms with van der Waals surface area (Å²) in [6.45, 7) is 5.37. The summed E-state index contributed by atoms with van der Waals surface area (Å²) < 4.78 is 26.3. The first-order valence-electron chi connectivity index (χ1n) is 5.15. The minimum Gasteiger partial charge on any atom is -0.398 e. The van der Waals surface area contributed by atoms with Gasteiger partial charge in [0.05, 0.1) is 0 Å². The van der Waals surface area contributed by atoms with Crippen molar-refractivity contribution in [1.82, 2.24) is 4.31 Å². The molecule has 0 aromatic carbocycles. The molecular weight excluding hydrogens is 244 g/mol. The Balaban J connectivity index is 2.28. The van der Waals surface area contributed by atoms with Gasteiger partial charge in [-0.25, -0.2) is 8.42 Å². The fourth-order valence-electron chi connectivity index (χ4n) is 1.86. The van der Waals surface area contributed by atoms with E-state index in [1.165, 1.54) is 17.4 Å². The Morgan fingerprint density at radius 1 is 1.50 bits per heavy atom. The molecule has 4 nitrogen and oxygen atoms in total. The quantitative estimate of drug-likeness (QED) is 0.881. The number of nitrogen functional groups attached to an aromatic ring is 1. The third-order valence-corrected chi connectivity index (χ3v) is 6.11. The number of nitrogens with zero attached hydrogens (tertiary/aromatic N) is 1. The van der Waals surface area contributed by atoms with Crippen LogP contribution in [-0.4, -0.2) is 25.8 Å². The number of anilines is 1. The molecule has 2 N–H and O–H groups in total. The summed E-state index contributed by atoms with van der Waals surface area (Å²) in [5.74, 6) is 0. The lowest BCUT2D eigenvalue weighted by Crippen LogP contribution is -2.29. The van der Waals surface area contributed by atoms with Gasteiger partial charge in [-0.1, -0.05) is 13.8 Å². The average Bonchev–Trinajstić information content (AvgIpc) is 2.72. The highest BCUT2D eigenvalue weighted by molar-refractivity contribution is 7.91. The maximum atomic E-state index is 12.2. The molecule has 0 spiro atoms. The van der Waals surface area contributed by atoms with Gasteiger partial charge < -0.3 is 5.73 Å². The van der Waals surface area contributed by atoms with Gasteiger partial charge in [-0.15, -0.1) is 11.3 Å². The molecule has 1 aliphatic rings. The minimum absolute atomic E-state index is 0.0792. The SMILES string of the molecule is CC1(C)CCN(S(=O)(=O)c2cc(N)cs2)C1. The Labute approximate surface area is 100 Å². The number of hydrogen-bond donors (Lipinski definition) is 1. The van der Waals surface area contributed by atoms with E-state index in [0.29, 0.717) is 23.0 Å². The van der Waals surface area contributed by atoms with Crippen molar-refractivity contribution in [2.75, 3.05) is 18.8 Å². The van der Waals surface area contributed by atoms with Crippen molar-refractivity contribution in [1.29, 1.82) is 0 Å². The van der Waals surface area contributed by atoms with Gasteiger partial charge in [0, 0.05) is 24.2 Å². The molecule has 2 heterocycles. The predicted molar refractivity (Wildman–Crippen MR) is 65.9 cm³/mol. The number of nitrogens with two attached hydrogens (primary N) is 1. The van der Waals surface area contributed by atoms with Crippen LogP contribution in [0.2, 0.25) is 0 Å². The lowest BCUT2D eigenvalue weighted by Gasteiger charge is -2.18. The standard InChI is InChI=1S/C10H16N2O2S2/c1-10(2)3-4-12(7-10)16(13,14)9-5-8(11)6-15-9/h5-6H,3-4,7,11H2,1-2H3. The largest absolute Gasteiger partial charge is 0.398 e. The fraction of sp³-hybridized carbons (Fsp3) is 0.600. The molecular formula is C10H16N2O2S2. The van der Waals surface area contributed by atoms with Gasteiger partial charge in [0.2, 0.25) is 0 Å². The van der Waals surface area contributed by atoms with Crippen molar-refractivity contribution in [3.05, 3.63) is 11.4 Å². The molecule has 1 saturated heterocycles. The van der Waals surface area contributed by atoms with E-state index < -0.39 is 10.0 Å². The number of hydrogen-bond acceptors (Lipinski definition) is 4. The van der Waals surface area contributed by atoms with Gasteiger partial charge in [-0.3, -0.25) is 0 Å². The number of rotatable bonds is 2. The topological polar surface area (TPSA) is 63.4 Å². The molecule has 1 aliphatic heterocycles. The minimum atomic E-state index is -3.32. The van der Waals surface area contributed by atoms with Crippen LogP contribution >= 0.6 is 11.3 Å². The molecule has 1 aromatic heterocycles. The zero-order valence-electron chi connectivity index (χ0n) is 9.43. The Morgan fingerprint density at radius 3 is 2.62 bits per heavy atom. The first kappa shape index (κ1) is 11.9. The normalized spacial score (nSPS) is 21.4. The van der Waals surface area contributed by atoms with Crippen LogP contribution in [0.3, 0.4) is 0 Å². The van der Waals surface area contributed by atoms with Crippen LogP contribution in [0.1, 0.15) is 20.3 Å². The van der Waals surface area contributed by atoms with E-state index in [1.807, 2.05) is 0 Å². The first-order chi connectivity index (χ1) is 7.31. The monoisotopic (exact) mass is 260 g/mol. The Bertz CT molecular complexity index is 491. The second-order valence-electron chi connectivity index (χ2n) is 4.95. The Morgan fingerprint density at radius 2 is 2.19 bits per heavy atom. The average molecular weight is 260 g/mol. The van der Waals surface area contributed by atoms with Gasteiger partial charge in [-0.2, -0.15) is 4.31 Å². The molecule has 16 heavy (non-hydrogen) atoms. The molecule has 0 bridgehead atoms. The zero-order valence-corrected chi connectivity index (χ0v) is 11.1. The Hall–Kier alpha value is -0.590. The molecule has 1 aromatic rings. The molecule has 0 aliphatic carbocycles. The molecule has 0 radical (unpaired) electrons. The van der Waals surface area contributed by atoms with Crippen LogP contribution in [-0.2, 0) is 10.0 Å². The van der Waals surface area contributed by atoms with Crippen molar-refractivity contribution < 1.29 is 8.42 Å². The summed E-state index contributed by atoms with van der Waals surface area (Å²) in [6.07, 6.45) is 0.910. The van der Waals surface area contributed by atoms with E-state index in [4.69, 9.17) is 5.73 Å². The first-order valence-corrected chi connectivity index (χ1v) is 7.47. The lowest BCUT2D eigenvalue weighted by atomic mass is 9.93. The summed E-state index contributed by atoms with van der Waals surface area (Å²) in [5, 5.41) is 1.66. The molecule has 0 unspecified atom stereocenters. The predicted octanol–water partition coefficient (Wildman–Crippen LogP) is 1.75. The third-order valence-electron chi connectivity index (χ3n) is 2.83. The van der Waals surface area contributed by atoms with Crippen LogP contribution in [0, 0.1) is 5.41 Å². The lowest BCUT2D eigenvalue weighted by molar-refractivity contribution is 0.376. The van der Waals surface area contributed by atoms with E-state index in [9.17, 15) is 8.42 Å². The highest BCUT2D eigenvalue weighted by Gasteiger charge is 2.37. The van der Waals surface area contributed by atoms with Crippen molar-refractivity contribution in [2.45, 2.75) is 24.5 Å². The molecule has 0 saturated carbocycles. The third kappa shape index (κ3) is 2.09. The molecule has 2 rings (SSSR count). The Kier molecular flexibility index (Phi) is 2.76. The van der Waals surface area contributed by atoms with E-state index in [2.05, 4.69) is 13.8 Å². The summed E-state index contributed by atoms with van der Waals surface area (Å²) in [6, 6.07) is 1.53. The highest BCUT2D eigenvalue weighted by atomic mass is 32.2. The van der Waals surface area contributed by atoms with Crippen LogP contribution < -0.4 is 5.73 Å². The van der Waals surface area contributed by atoms with Gasteiger partial charge in [0.1, 0.15) is 4.21 Å². The van der Waals surface area contributed by atoms with Crippen molar-refractivity contribution in [2.24, 2.45) is 5.41 Å². The van der Waals surface area contributed by atoms with Crippen LogP contribution in [0.5, 0.6) is 0 Å². The van der Waals surface area contributed by atoms with E-state index in [0.717, 1.165) is 6.42 Å². The molecule has 1 fully saturated rings. The van der Waals surface area contributed by atoms with Gasteiger partial charge in [0.15, 0.2) is 0 Å². The van der Waals surface area contributed by atoms with Crippen molar-refractivity contribution in [3.8, 4) is 0 Å². The zero-order chi connectivity index (χ0) is 12.0. The smallest absolute Gasteiger partial charge is 0.252 e. The van der Waals surface area contributed by atoms with Crippen LogP contribution in [0.15, 0.2) is 15.7 Å². The number of thiophene rings is 1. The van der Waals surface area contributed by atoms with E-state index in [-0.39, 0.29) is 5.41 Å². The van der Waals surface area contributed by atoms with Crippen LogP contribution in [0.25, 0.3) is 0 Å².